The van der Waals surface area contributed by atoms with Crippen molar-refractivity contribution < 1.29 is 4.79 Å². The molecule has 0 spiro atoms. The summed E-state index contributed by atoms with van der Waals surface area (Å²) in [6, 6.07) is 11.5. The van der Waals surface area contributed by atoms with Gasteiger partial charge in [-0.05, 0) is 37.1 Å². The summed E-state index contributed by atoms with van der Waals surface area (Å²) >= 11 is 7.21. The van der Waals surface area contributed by atoms with Crippen LogP contribution in [0.25, 0.3) is 0 Å². The average molecular weight is 335 g/mol. The number of anilines is 2. The van der Waals surface area contributed by atoms with E-state index in [1.54, 1.807) is 12.1 Å². The molecule has 1 fully saturated rings. The first-order valence-electron chi connectivity index (χ1n) is 7.65. The first-order valence-corrected chi connectivity index (χ1v) is 8.84. The van der Waals surface area contributed by atoms with Gasteiger partial charge >= 0.3 is 0 Å². The quantitative estimate of drug-likeness (QED) is 0.853. The van der Waals surface area contributed by atoms with Gasteiger partial charge in [0.1, 0.15) is 0 Å². The summed E-state index contributed by atoms with van der Waals surface area (Å²) in [7, 11) is 0. The maximum absolute atomic E-state index is 12.4. The molecule has 1 aliphatic rings. The highest BCUT2D eigenvalue weighted by Gasteiger charge is 2.16. The molecule has 1 aromatic heterocycles. The van der Waals surface area contributed by atoms with Gasteiger partial charge in [0.25, 0.3) is 5.91 Å². The zero-order valence-corrected chi connectivity index (χ0v) is 13.9. The molecule has 1 N–H and O–H groups in total. The third-order valence-corrected chi connectivity index (χ3v) is 5.13. The van der Waals surface area contributed by atoms with E-state index in [2.05, 4.69) is 16.3 Å². The average Bonchev–Trinajstić information content (AvgIpc) is 2.80. The van der Waals surface area contributed by atoms with Crippen LogP contribution in [0.3, 0.4) is 0 Å². The minimum atomic E-state index is -0.0980. The van der Waals surface area contributed by atoms with Crippen LogP contribution in [-0.2, 0) is 0 Å². The first kappa shape index (κ1) is 15.4. The van der Waals surface area contributed by atoms with Crippen LogP contribution < -0.4 is 10.2 Å². The van der Waals surface area contributed by atoms with E-state index < -0.39 is 0 Å². The second-order valence-electron chi connectivity index (χ2n) is 5.48. The molecular formula is C17H19ClN2OS. The van der Waals surface area contributed by atoms with E-state index in [1.165, 1.54) is 37.0 Å². The molecule has 22 heavy (non-hydrogen) atoms. The fourth-order valence-electron chi connectivity index (χ4n) is 2.79. The molecule has 3 rings (SSSR count). The molecule has 0 radical (unpaired) electrons. The van der Waals surface area contributed by atoms with Crippen molar-refractivity contribution in [3.05, 3.63) is 45.6 Å². The predicted molar refractivity (Wildman–Crippen MR) is 94.4 cm³/mol. The standard InChI is InChI=1S/C17H19ClN2OS/c18-16-10-9-15(22-16)17(21)19-13-7-3-4-8-14(13)20-11-5-1-2-6-12-20/h3-4,7-10H,1-2,5-6,11-12H2,(H,19,21). The second kappa shape index (κ2) is 7.16. The van der Waals surface area contributed by atoms with Crippen molar-refractivity contribution in [3.8, 4) is 0 Å². The number of hydrogen-bond donors (Lipinski definition) is 1. The van der Waals surface area contributed by atoms with Crippen molar-refractivity contribution in [1.29, 1.82) is 0 Å². The molecule has 0 atom stereocenters. The Labute approximate surface area is 139 Å². The van der Waals surface area contributed by atoms with Crippen LogP contribution in [0.5, 0.6) is 0 Å². The molecule has 1 aromatic carbocycles. The summed E-state index contributed by atoms with van der Waals surface area (Å²) in [6.45, 7) is 2.11. The lowest BCUT2D eigenvalue weighted by molar-refractivity contribution is 0.103. The normalized spacial score (nSPS) is 15.4. The Morgan fingerprint density at radius 2 is 1.77 bits per heavy atom. The fourth-order valence-corrected chi connectivity index (χ4v) is 3.73. The van der Waals surface area contributed by atoms with Crippen molar-refractivity contribution in [3.63, 3.8) is 0 Å². The number of amides is 1. The maximum atomic E-state index is 12.4. The van der Waals surface area contributed by atoms with Gasteiger partial charge in [-0.2, -0.15) is 0 Å². The molecule has 0 bridgehead atoms. The molecule has 0 aliphatic carbocycles. The van der Waals surface area contributed by atoms with Crippen LogP contribution in [-0.4, -0.2) is 19.0 Å². The molecule has 2 heterocycles. The first-order chi connectivity index (χ1) is 10.7. The molecule has 1 saturated heterocycles. The van der Waals surface area contributed by atoms with Gasteiger partial charge in [0, 0.05) is 13.1 Å². The summed E-state index contributed by atoms with van der Waals surface area (Å²) < 4.78 is 0.631. The predicted octanol–water partition coefficient (Wildman–Crippen LogP) is 5.03. The number of hydrogen-bond acceptors (Lipinski definition) is 3. The van der Waals surface area contributed by atoms with Crippen LogP contribution in [0.15, 0.2) is 36.4 Å². The number of halogens is 1. The zero-order chi connectivity index (χ0) is 15.4. The lowest BCUT2D eigenvalue weighted by Crippen LogP contribution is -2.25. The number of benzene rings is 1. The van der Waals surface area contributed by atoms with Gasteiger partial charge in [0.05, 0.1) is 20.6 Å². The van der Waals surface area contributed by atoms with Gasteiger partial charge in [0.2, 0.25) is 0 Å². The topological polar surface area (TPSA) is 32.3 Å². The van der Waals surface area contributed by atoms with Gasteiger partial charge in [-0.1, -0.05) is 36.6 Å². The van der Waals surface area contributed by atoms with E-state index in [4.69, 9.17) is 11.6 Å². The van der Waals surface area contributed by atoms with E-state index >= 15 is 0 Å². The Morgan fingerprint density at radius 3 is 2.45 bits per heavy atom. The number of para-hydroxylation sites is 2. The Kier molecular flexibility index (Phi) is 5.01. The highest BCUT2D eigenvalue weighted by atomic mass is 35.5. The highest BCUT2D eigenvalue weighted by molar-refractivity contribution is 7.18. The van der Waals surface area contributed by atoms with Gasteiger partial charge in [-0.3, -0.25) is 4.79 Å². The van der Waals surface area contributed by atoms with E-state index in [0.717, 1.165) is 24.5 Å². The van der Waals surface area contributed by atoms with E-state index in [-0.39, 0.29) is 5.91 Å². The van der Waals surface area contributed by atoms with Crippen molar-refractivity contribution >= 4 is 40.2 Å². The third kappa shape index (κ3) is 3.62. The van der Waals surface area contributed by atoms with Gasteiger partial charge in [0.15, 0.2) is 0 Å². The van der Waals surface area contributed by atoms with Crippen LogP contribution in [0.1, 0.15) is 35.4 Å². The number of rotatable bonds is 3. The Bertz CT molecular complexity index is 648. The summed E-state index contributed by atoms with van der Waals surface area (Å²) in [5.74, 6) is -0.0980. The molecule has 0 unspecified atom stereocenters. The summed E-state index contributed by atoms with van der Waals surface area (Å²) in [5, 5.41) is 3.03. The van der Waals surface area contributed by atoms with Gasteiger partial charge in [-0.15, -0.1) is 11.3 Å². The van der Waals surface area contributed by atoms with Crippen molar-refractivity contribution in [2.45, 2.75) is 25.7 Å². The SMILES string of the molecule is O=C(Nc1ccccc1N1CCCCCC1)c1ccc(Cl)s1. The van der Waals surface area contributed by atoms with E-state index in [0.29, 0.717) is 9.21 Å². The largest absolute Gasteiger partial charge is 0.370 e. The molecule has 1 aliphatic heterocycles. The van der Waals surface area contributed by atoms with E-state index in [9.17, 15) is 4.79 Å². The van der Waals surface area contributed by atoms with Gasteiger partial charge in [-0.25, -0.2) is 0 Å². The summed E-state index contributed by atoms with van der Waals surface area (Å²) in [5.41, 5.74) is 1.99. The highest BCUT2D eigenvalue weighted by Crippen LogP contribution is 2.29. The third-order valence-electron chi connectivity index (χ3n) is 3.90. The van der Waals surface area contributed by atoms with Crippen LogP contribution in [0, 0.1) is 0 Å². The minimum Gasteiger partial charge on any atom is -0.370 e. The Hall–Kier alpha value is -1.52. The molecular weight excluding hydrogens is 316 g/mol. The zero-order valence-electron chi connectivity index (χ0n) is 12.3. The summed E-state index contributed by atoms with van der Waals surface area (Å²) in [6.07, 6.45) is 5.00. The Balaban J connectivity index is 1.80. The molecule has 0 saturated carbocycles. The fraction of sp³-hybridized carbons (Fsp3) is 0.353. The molecule has 3 nitrogen and oxygen atoms in total. The van der Waals surface area contributed by atoms with Crippen LogP contribution >= 0.6 is 22.9 Å². The van der Waals surface area contributed by atoms with Crippen molar-refractivity contribution in [2.24, 2.45) is 0 Å². The second-order valence-corrected chi connectivity index (χ2v) is 7.19. The minimum absolute atomic E-state index is 0.0980. The van der Waals surface area contributed by atoms with E-state index in [1.807, 2.05) is 18.2 Å². The van der Waals surface area contributed by atoms with Gasteiger partial charge < -0.3 is 10.2 Å². The monoisotopic (exact) mass is 334 g/mol. The number of carbonyl (C=O) groups is 1. The number of nitrogens with one attached hydrogen (secondary N) is 1. The van der Waals surface area contributed by atoms with Crippen LogP contribution in [0.4, 0.5) is 11.4 Å². The number of nitrogens with zero attached hydrogens (tertiary/aromatic N) is 1. The van der Waals surface area contributed by atoms with Crippen molar-refractivity contribution in [2.75, 3.05) is 23.3 Å². The lowest BCUT2D eigenvalue weighted by atomic mass is 10.2. The lowest BCUT2D eigenvalue weighted by Gasteiger charge is -2.25. The van der Waals surface area contributed by atoms with Crippen LogP contribution in [0.2, 0.25) is 4.34 Å². The number of carbonyl (C=O) groups excluding carboxylic acids is 1. The Morgan fingerprint density at radius 1 is 1.05 bits per heavy atom. The molecule has 2 aromatic rings. The summed E-state index contributed by atoms with van der Waals surface area (Å²) in [4.78, 5) is 15.4. The molecule has 116 valence electrons. The maximum Gasteiger partial charge on any atom is 0.265 e. The smallest absolute Gasteiger partial charge is 0.265 e. The molecule has 1 amide bonds. The van der Waals surface area contributed by atoms with Crippen molar-refractivity contribution in [1.82, 2.24) is 0 Å². The number of thiophene rings is 1. The molecule has 5 heteroatoms.